The first-order valence-corrected chi connectivity index (χ1v) is 9.68. The van der Waals surface area contributed by atoms with Crippen molar-refractivity contribution in [2.75, 3.05) is 19.0 Å². The summed E-state index contributed by atoms with van der Waals surface area (Å²) in [7, 11) is 1.51. The summed E-state index contributed by atoms with van der Waals surface area (Å²) < 4.78 is 6.57. The van der Waals surface area contributed by atoms with Crippen LogP contribution in [0.3, 0.4) is 0 Å². The summed E-state index contributed by atoms with van der Waals surface area (Å²) in [5, 5.41) is 17.7. The summed E-state index contributed by atoms with van der Waals surface area (Å²) in [6.07, 6.45) is 2.81. The molecule has 2 aromatic heterocycles. The van der Waals surface area contributed by atoms with Crippen molar-refractivity contribution in [3.05, 3.63) is 59.4 Å². The topological polar surface area (TPSA) is 111 Å². The molecule has 0 saturated heterocycles. The van der Waals surface area contributed by atoms with E-state index in [1.165, 1.54) is 13.3 Å². The lowest BCUT2D eigenvalue weighted by atomic mass is 10.1. The Morgan fingerprint density at radius 3 is 2.53 bits per heavy atom. The zero-order valence-corrected chi connectivity index (χ0v) is 17.2. The molecule has 2 heterocycles. The first kappa shape index (κ1) is 21.0. The lowest BCUT2D eigenvalue weighted by Gasteiger charge is -2.11. The van der Waals surface area contributed by atoms with Crippen molar-refractivity contribution in [3.8, 4) is 11.7 Å². The molecule has 3 aromatic rings. The second-order valence-electron chi connectivity index (χ2n) is 6.45. The molecule has 0 aliphatic carbocycles. The van der Waals surface area contributed by atoms with Crippen LogP contribution in [0.2, 0.25) is 0 Å². The van der Waals surface area contributed by atoms with Gasteiger partial charge in [0.05, 0.1) is 31.1 Å². The average molecular weight is 408 g/mol. The normalized spacial score (nSPS) is 10.5. The van der Waals surface area contributed by atoms with Crippen LogP contribution in [-0.4, -0.2) is 45.4 Å². The summed E-state index contributed by atoms with van der Waals surface area (Å²) in [6, 6.07) is 11.0. The molecule has 2 amide bonds. The van der Waals surface area contributed by atoms with Crippen LogP contribution in [0.1, 0.15) is 35.5 Å². The minimum Gasteiger partial charge on any atom is -0.480 e. The molecule has 0 atom stereocenters. The fraction of sp³-hybridized carbons (Fsp3) is 0.286. The number of carbonyl (C=O) groups excluding carboxylic acids is 2. The number of aryl methyl sites for hydroxylation is 1. The lowest BCUT2D eigenvalue weighted by Crippen LogP contribution is -2.33. The fourth-order valence-corrected chi connectivity index (χ4v) is 3.04. The number of para-hydroxylation sites is 1. The van der Waals surface area contributed by atoms with Crippen molar-refractivity contribution < 1.29 is 14.3 Å². The number of anilines is 1. The Kier molecular flexibility index (Phi) is 6.74. The quantitative estimate of drug-likeness (QED) is 0.591. The Morgan fingerprint density at radius 1 is 1.07 bits per heavy atom. The Hall–Kier alpha value is -3.75. The largest absolute Gasteiger partial charge is 0.480 e. The predicted octanol–water partition coefficient (Wildman–Crippen LogP) is 2.16. The summed E-state index contributed by atoms with van der Waals surface area (Å²) in [5.74, 6) is 0.187. The van der Waals surface area contributed by atoms with Gasteiger partial charge in [-0.15, -0.1) is 10.2 Å². The molecule has 0 aliphatic heterocycles. The van der Waals surface area contributed by atoms with E-state index >= 15 is 0 Å². The highest BCUT2D eigenvalue weighted by Crippen LogP contribution is 2.16. The Balaban J connectivity index is 1.68. The molecule has 3 rings (SSSR count). The van der Waals surface area contributed by atoms with E-state index in [1.807, 2.05) is 38.1 Å². The average Bonchev–Trinajstić information content (AvgIpc) is 3.22. The van der Waals surface area contributed by atoms with E-state index in [2.05, 4.69) is 25.9 Å². The van der Waals surface area contributed by atoms with Crippen molar-refractivity contribution in [2.24, 2.45) is 0 Å². The van der Waals surface area contributed by atoms with Crippen molar-refractivity contribution in [1.82, 2.24) is 25.3 Å². The van der Waals surface area contributed by atoms with Gasteiger partial charge < -0.3 is 15.4 Å². The number of hydrogen-bond acceptors (Lipinski definition) is 6. The molecule has 30 heavy (non-hydrogen) atoms. The van der Waals surface area contributed by atoms with Gasteiger partial charge in [-0.25, -0.2) is 4.68 Å². The van der Waals surface area contributed by atoms with Gasteiger partial charge in [-0.2, -0.15) is 5.10 Å². The molecule has 9 nitrogen and oxygen atoms in total. The maximum absolute atomic E-state index is 12.6. The van der Waals surface area contributed by atoms with Crippen LogP contribution in [0.25, 0.3) is 5.82 Å². The van der Waals surface area contributed by atoms with Gasteiger partial charge in [0, 0.05) is 11.8 Å². The van der Waals surface area contributed by atoms with Gasteiger partial charge >= 0.3 is 0 Å². The maximum Gasteiger partial charge on any atom is 0.255 e. The minimum absolute atomic E-state index is 0.145. The van der Waals surface area contributed by atoms with E-state index in [0.717, 1.165) is 17.7 Å². The monoisotopic (exact) mass is 408 g/mol. The fourth-order valence-electron chi connectivity index (χ4n) is 3.04. The van der Waals surface area contributed by atoms with Gasteiger partial charge in [-0.1, -0.05) is 32.0 Å². The highest BCUT2D eigenvalue weighted by molar-refractivity contribution is 6.00. The maximum atomic E-state index is 12.6. The van der Waals surface area contributed by atoms with Crippen LogP contribution in [0, 0.1) is 0 Å². The second-order valence-corrected chi connectivity index (χ2v) is 6.45. The molecule has 0 spiro atoms. The third kappa shape index (κ3) is 4.62. The van der Waals surface area contributed by atoms with Crippen molar-refractivity contribution in [2.45, 2.75) is 26.7 Å². The van der Waals surface area contributed by atoms with Crippen LogP contribution in [0.4, 0.5) is 5.69 Å². The molecule has 0 bridgehead atoms. The highest BCUT2D eigenvalue weighted by atomic mass is 16.5. The molecule has 9 heteroatoms. The number of methoxy groups -OCH3 is 1. The van der Waals surface area contributed by atoms with E-state index in [9.17, 15) is 9.59 Å². The third-order valence-corrected chi connectivity index (χ3v) is 4.58. The van der Waals surface area contributed by atoms with Crippen LogP contribution in [0.15, 0.2) is 42.6 Å². The standard InChI is InChI=1S/C21H24N6O3/c1-4-14-8-6-7-9-16(14)24-19(28)13-22-21(29)15-12-23-27(17(15)5-2)18-10-11-20(30-3)26-25-18/h6-12H,4-5,13H2,1-3H3,(H,22,29)(H,24,28). The lowest BCUT2D eigenvalue weighted by molar-refractivity contribution is -0.115. The highest BCUT2D eigenvalue weighted by Gasteiger charge is 2.19. The summed E-state index contributed by atoms with van der Waals surface area (Å²) in [5.41, 5.74) is 2.84. The number of benzene rings is 1. The number of rotatable bonds is 8. The van der Waals surface area contributed by atoms with Gasteiger partial charge in [0.2, 0.25) is 11.8 Å². The summed E-state index contributed by atoms with van der Waals surface area (Å²) in [6.45, 7) is 3.78. The van der Waals surface area contributed by atoms with E-state index in [4.69, 9.17) is 4.74 Å². The van der Waals surface area contributed by atoms with Gasteiger partial charge in [0.1, 0.15) is 0 Å². The number of nitrogens with one attached hydrogen (secondary N) is 2. The number of ether oxygens (including phenoxy) is 1. The smallest absolute Gasteiger partial charge is 0.255 e. The zero-order chi connectivity index (χ0) is 21.5. The van der Waals surface area contributed by atoms with E-state index < -0.39 is 0 Å². The second kappa shape index (κ2) is 9.64. The first-order valence-electron chi connectivity index (χ1n) is 9.68. The number of aromatic nitrogens is 4. The van der Waals surface area contributed by atoms with Crippen LogP contribution in [-0.2, 0) is 17.6 Å². The van der Waals surface area contributed by atoms with Crippen LogP contribution < -0.4 is 15.4 Å². The Labute approximate surface area is 174 Å². The zero-order valence-electron chi connectivity index (χ0n) is 17.2. The molecular formula is C21H24N6O3. The Bertz CT molecular complexity index is 1030. The molecular weight excluding hydrogens is 384 g/mol. The molecule has 0 fully saturated rings. The molecule has 2 N–H and O–H groups in total. The first-order chi connectivity index (χ1) is 14.6. The number of hydrogen-bond donors (Lipinski definition) is 2. The van der Waals surface area contributed by atoms with Crippen molar-refractivity contribution in [3.63, 3.8) is 0 Å². The van der Waals surface area contributed by atoms with E-state index in [-0.39, 0.29) is 18.4 Å². The molecule has 0 saturated carbocycles. The summed E-state index contributed by atoms with van der Waals surface area (Å²) >= 11 is 0. The predicted molar refractivity (Wildman–Crippen MR) is 112 cm³/mol. The van der Waals surface area contributed by atoms with Gasteiger partial charge in [-0.05, 0) is 30.5 Å². The molecule has 0 radical (unpaired) electrons. The molecule has 1 aromatic carbocycles. The van der Waals surface area contributed by atoms with Crippen LogP contribution in [0.5, 0.6) is 5.88 Å². The molecule has 0 unspecified atom stereocenters. The van der Waals surface area contributed by atoms with Crippen molar-refractivity contribution >= 4 is 17.5 Å². The SMILES string of the molecule is CCc1ccccc1NC(=O)CNC(=O)c1cnn(-c2ccc(OC)nn2)c1CC. The van der Waals surface area contributed by atoms with Gasteiger partial charge in [-0.3, -0.25) is 9.59 Å². The van der Waals surface area contributed by atoms with Gasteiger partial charge in [0.25, 0.3) is 5.91 Å². The van der Waals surface area contributed by atoms with E-state index in [1.54, 1.807) is 16.8 Å². The molecule has 0 aliphatic rings. The van der Waals surface area contributed by atoms with Crippen molar-refractivity contribution in [1.29, 1.82) is 0 Å². The number of nitrogens with zero attached hydrogens (tertiary/aromatic N) is 4. The van der Waals surface area contributed by atoms with Gasteiger partial charge in [0.15, 0.2) is 5.82 Å². The van der Waals surface area contributed by atoms with Crippen LogP contribution >= 0.6 is 0 Å². The third-order valence-electron chi connectivity index (χ3n) is 4.58. The number of amides is 2. The molecule has 156 valence electrons. The number of carbonyl (C=O) groups is 2. The minimum atomic E-state index is -0.376. The summed E-state index contributed by atoms with van der Waals surface area (Å²) in [4.78, 5) is 24.9. The Morgan fingerprint density at radius 2 is 1.87 bits per heavy atom. The van der Waals surface area contributed by atoms with E-state index in [0.29, 0.717) is 29.4 Å².